The molecule has 0 saturated heterocycles. The summed E-state index contributed by atoms with van der Waals surface area (Å²) in [5.41, 5.74) is 0.708. The summed E-state index contributed by atoms with van der Waals surface area (Å²) in [6.07, 6.45) is -1.09. The summed E-state index contributed by atoms with van der Waals surface area (Å²) in [6, 6.07) is 8.61. The minimum absolute atomic E-state index is 0.0573. The van der Waals surface area contributed by atoms with Gasteiger partial charge >= 0.3 is 6.80 Å². The molecule has 7 nitrogen and oxygen atoms in total. The topological polar surface area (TPSA) is 138 Å². The summed E-state index contributed by atoms with van der Waals surface area (Å²) in [5, 5.41) is 39.6. The van der Waals surface area contributed by atoms with Crippen LogP contribution in [-0.2, 0) is 4.57 Å². The Balaban J connectivity index is 2.31. The summed E-state index contributed by atoms with van der Waals surface area (Å²) in [7, 11) is 0. The Hall–Kier alpha value is -1.70. The van der Waals surface area contributed by atoms with E-state index in [1.54, 1.807) is 18.2 Å². The second-order valence-corrected chi connectivity index (χ2v) is 9.28. The number of aromatic hydroxyl groups is 3. The molecule has 2 rings (SSSR count). The fraction of sp³-hybridized carbons (Fsp3) is 0.250. The molecule has 0 aliphatic rings. The lowest BCUT2D eigenvalue weighted by Gasteiger charge is -2.21. The van der Waals surface area contributed by atoms with E-state index < -0.39 is 18.7 Å². The Labute approximate surface area is 148 Å². The largest absolute Gasteiger partial charge is 0.508 e. The second-order valence-electron chi connectivity index (χ2n) is 5.71. The third kappa shape index (κ3) is 5.39. The molecule has 0 amide bonds. The highest BCUT2D eigenvalue weighted by Crippen LogP contribution is 2.57. The quantitative estimate of drug-likeness (QED) is 0.416. The molecule has 2 aromatic carbocycles. The highest BCUT2D eigenvalue weighted by Gasteiger charge is 2.26. The predicted octanol–water partition coefficient (Wildman–Crippen LogP) is 3.22. The van der Waals surface area contributed by atoms with Crippen LogP contribution in [0.2, 0.25) is 0 Å². The number of aliphatic hydroxyl groups excluding tert-OH is 1. The van der Waals surface area contributed by atoms with Gasteiger partial charge in [-0.3, -0.25) is 0 Å². The molecule has 2 atom stereocenters. The molecular formula is C16H19O7PS. The van der Waals surface area contributed by atoms with Crippen molar-refractivity contribution in [1.29, 1.82) is 0 Å². The number of hydrogen-bond acceptors (Lipinski definition) is 6. The zero-order valence-corrected chi connectivity index (χ0v) is 15.0. The van der Waals surface area contributed by atoms with E-state index in [0.29, 0.717) is 0 Å². The Kier molecular flexibility index (Phi) is 6.03. The van der Waals surface area contributed by atoms with Crippen molar-refractivity contribution in [2.45, 2.75) is 30.3 Å². The minimum Gasteiger partial charge on any atom is -0.508 e. The van der Waals surface area contributed by atoms with Gasteiger partial charge in [-0.05, 0) is 47.5 Å². The first-order valence-corrected chi connectivity index (χ1v) is 10.4. The van der Waals surface area contributed by atoms with Gasteiger partial charge in [-0.1, -0.05) is 19.1 Å². The van der Waals surface area contributed by atoms with E-state index in [1.165, 1.54) is 6.07 Å². The van der Waals surface area contributed by atoms with Gasteiger partial charge in [0, 0.05) is 16.5 Å². The van der Waals surface area contributed by atoms with E-state index >= 15 is 0 Å². The molecule has 0 radical (unpaired) electrons. The molecule has 2 aromatic rings. The SMILES string of the molecule is CC(CC(O)c1c(O)cc(O)cc1SP(=O)(O)O)c1cccc(O)c1. The van der Waals surface area contributed by atoms with Crippen molar-refractivity contribution in [3.8, 4) is 17.2 Å². The zero-order chi connectivity index (χ0) is 18.8. The summed E-state index contributed by atoms with van der Waals surface area (Å²) >= 11 is 0.156. The molecule has 0 aromatic heterocycles. The van der Waals surface area contributed by atoms with Gasteiger partial charge in [0.15, 0.2) is 0 Å². The Bertz CT molecular complexity index is 805. The van der Waals surface area contributed by atoms with E-state index in [4.69, 9.17) is 9.79 Å². The maximum Gasteiger partial charge on any atom is 0.388 e. The van der Waals surface area contributed by atoms with Crippen molar-refractivity contribution in [3.05, 3.63) is 47.5 Å². The standard InChI is InChI=1S/C16H19O7PS/c1-9(10-3-2-4-11(17)6-10)5-13(19)16-14(20)7-12(18)8-15(16)25-24(21,22)23/h2-4,6-9,13,17-20H,5H2,1H3,(H2,21,22,23). The van der Waals surface area contributed by atoms with Gasteiger partial charge in [0.2, 0.25) is 0 Å². The van der Waals surface area contributed by atoms with Crippen LogP contribution in [-0.4, -0.2) is 30.2 Å². The van der Waals surface area contributed by atoms with Crippen LogP contribution in [0.1, 0.15) is 36.5 Å². The van der Waals surface area contributed by atoms with Crippen LogP contribution in [0.5, 0.6) is 17.2 Å². The van der Waals surface area contributed by atoms with Crippen molar-refractivity contribution in [2.24, 2.45) is 0 Å². The van der Waals surface area contributed by atoms with E-state index in [9.17, 15) is 25.0 Å². The van der Waals surface area contributed by atoms with Gasteiger partial charge in [0.1, 0.15) is 17.2 Å². The van der Waals surface area contributed by atoms with Gasteiger partial charge < -0.3 is 30.2 Å². The normalized spacial score (nSPS) is 14.2. The average molecular weight is 386 g/mol. The zero-order valence-electron chi connectivity index (χ0n) is 13.3. The molecule has 9 heteroatoms. The van der Waals surface area contributed by atoms with Gasteiger partial charge in [-0.15, -0.1) is 0 Å². The Morgan fingerprint density at radius 1 is 1.08 bits per heavy atom. The van der Waals surface area contributed by atoms with Gasteiger partial charge in [0.05, 0.1) is 6.10 Å². The molecular weight excluding hydrogens is 367 g/mol. The van der Waals surface area contributed by atoms with Crippen molar-refractivity contribution >= 4 is 18.2 Å². The molecule has 2 unspecified atom stereocenters. The Morgan fingerprint density at radius 3 is 2.36 bits per heavy atom. The first kappa shape index (κ1) is 19.6. The van der Waals surface area contributed by atoms with Gasteiger partial charge in [-0.25, -0.2) is 4.57 Å². The van der Waals surface area contributed by atoms with E-state index in [1.807, 2.05) is 6.92 Å². The highest BCUT2D eigenvalue weighted by molar-refractivity contribution is 8.54. The minimum atomic E-state index is -4.54. The predicted molar refractivity (Wildman–Crippen MR) is 93.8 cm³/mol. The van der Waals surface area contributed by atoms with E-state index in [0.717, 1.165) is 17.7 Å². The van der Waals surface area contributed by atoms with Crippen molar-refractivity contribution < 1.29 is 34.8 Å². The lowest BCUT2D eigenvalue weighted by molar-refractivity contribution is 0.153. The fourth-order valence-corrected chi connectivity index (χ4v) is 4.55. The monoisotopic (exact) mass is 386 g/mol. The molecule has 0 aliphatic heterocycles. The highest BCUT2D eigenvalue weighted by atomic mass is 32.7. The molecule has 0 spiro atoms. The third-order valence-corrected chi connectivity index (χ3v) is 5.75. The molecule has 0 saturated carbocycles. The lowest BCUT2D eigenvalue weighted by Crippen LogP contribution is -2.05. The van der Waals surface area contributed by atoms with E-state index in [-0.39, 0.29) is 45.7 Å². The molecule has 0 fully saturated rings. The number of aliphatic hydroxyl groups is 1. The number of phenolic OH excluding ortho intramolecular Hbond substituents is 3. The van der Waals surface area contributed by atoms with Gasteiger partial charge in [-0.2, -0.15) is 0 Å². The molecule has 136 valence electrons. The number of benzene rings is 2. The summed E-state index contributed by atoms with van der Waals surface area (Å²) in [6.45, 7) is -2.73. The van der Waals surface area contributed by atoms with E-state index in [2.05, 4.69) is 0 Å². The smallest absolute Gasteiger partial charge is 0.388 e. The Morgan fingerprint density at radius 2 is 1.76 bits per heavy atom. The molecule has 0 heterocycles. The summed E-state index contributed by atoms with van der Waals surface area (Å²) in [4.78, 5) is 18.2. The number of hydrogen-bond donors (Lipinski definition) is 6. The number of rotatable bonds is 6. The molecule has 6 N–H and O–H groups in total. The van der Waals surface area contributed by atoms with Crippen LogP contribution >= 0.6 is 18.2 Å². The summed E-state index contributed by atoms with van der Waals surface area (Å²) in [5.74, 6) is -0.940. The first-order chi connectivity index (χ1) is 11.6. The van der Waals surface area contributed by atoms with Crippen LogP contribution in [0.3, 0.4) is 0 Å². The van der Waals surface area contributed by atoms with Crippen LogP contribution in [0.4, 0.5) is 0 Å². The van der Waals surface area contributed by atoms with Gasteiger partial charge in [0.25, 0.3) is 0 Å². The first-order valence-electron chi connectivity index (χ1n) is 7.35. The maximum atomic E-state index is 11.3. The lowest BCUT2D eigenvalue weighted by atomic mass is 9.91. The van der Waals surface area contributed by atoms with Crippen LogP contribution in [0.15, 0.2) is 41.3 Å². The second kappa shape index (κ2) is 7.68. The molecule has 25 heavy (non-hydrogen) atoms. The van der Waals surface area contributed by atoms with Crippen molar-refractivity contribution in [1.82, 2.24) is 0 Å². The number of phenols is 3. The average Bonchev–Trinajstić information content (AvgIpc) is 2.44. The molecule has 0 aliphatic carbocycles. The van der Waals surface area contributed by atoms with Crippen molar-refractivity contribution in [2.75, 3.05) is 0 Å². The van der Waals surface area contributed by atoms with Crippen molar-refractivity contribution in [3.63, 3.8) is 0 Å². The third-order valence-electron chi connectivity index (χ3n) is 3.67. The summed E-state index contributed by atoms with van der Waals surface area (Å²) < 4.78 is 11.3. The van der Waals surface area contributed by atoms with Crippen LogP contribution < -0.4 is 0 Å². The molecule has 0 bridgehead atoms. The fourth-order valence-electron chi connectivity index (χ4n) is 2.56. The van der Waals surface area contributed by atoms with Crippen LogP contribution in [0.25, 0.3) is 0 Å². The maximum absolute atomic E-state index is 11.3. The van der Waals surface area contributed by atoms with Crippen LogP contribution in [0, 0.1) is 0 Å².